The van der Waals surface area contributed by atoms with Gasteiger partial charge in [-0.05, 0) is 11.6 Å². The number of aliphatic carboxylic acids is 1. The van der Waals surface area contributed by atoms with Gasteiger partial charge in [0.05, 0.1) is 6.42 Å². The molecule has 2 N–H and O–H groups in total. The van der Waals surface area contributed by atoms with Crippen LogP contribution in [0.5, 0.6) is 0 Å². The SMILES string of the molecule is COC1(O)C=CC(CC(=O)O)=CC1. The molecule has 1 aliphatic rings. The molecule has 1 unspecified atom stereocenters. The van der Waals surface area contributed by atoms with Gasteiger partial charge in [0.15, 0.2) is 5.79 Å². The van der Waals surface area contributed by atoms with Crippen molar-refractivity contribution in [3.8, 4) is 0 Å². The van der Waals surface area contributed by atoms with E-state index in [1.54, 1.807) is 12.2 Å². The van der Waals surface area contributed by atoms with E-state index in [1.165, 1.54) is 13.2 Å². The molecule has 0 aliphatic heterocycles. The maximum absolute atomic E-state index is 10.3. The molecular formula is C9H12O4. The minimum Gasteiger partial charge on any atom is -0.481 e. The van der Waals surface area contributed by atoms with E-state index in [1.807, 2.05) is 0 Å². The van der Waals surface area contributed by atoms with Gasteiger partial charge in [-0.2, -0.15) is 0 Å². The second kappa shape index (κ2) is 3.72. The lowest BCUT2D eigenvalue weighted by molar-refractivity contribution is -0.144. The van der Waals surface area contributed by atoms with Crippen LogP contribution < -0.4 is 0 Å². The Kier molecular flexibility index (Phi) is 2.85. The van der Waals surface area contributed by atoms with Crippen LogP contribution in [0, 0.1) is 0 Å². The summed E-state index contributed by atoms with van der Waals surface area (Å²) in [5, 5.41) is 18.0. The molecule has 0 bridgehead atoms. The highest BCUT2D eigenvalue weighted by Crippen LogP contribution is 2.22. The van der Waals surface area contributed by atoms with Gasteiger partial charge < -0.3 is 14.9 Å². The highest BCUT2D eigenvalue weighted by Gasteiger charge is 2.24. The number of allylic oxidation sites excluding steroid dienone is 1. The standard InChI is InChI=1S/C9H12O4/c1-13-9(12)4-2-7(3-5-9)6-8(10)11/h2-4,12H,5-6H2,1H3,(H,10,11). The van der Waals surface area contributed by atoms with Crippen molar-refractivity contribution in [3.05, 3.63) is 23.8 Å². The summed E-state index contributed by atoms with van der Waals surface area (Å²) in [6, 6.07) is 0. The molecule has 0 aromatic rings. The van der Waals surface area contributed by atoms with Crippen molar-refractivity contribution >= 4 is 5.97 Å². The molecule has 0 heterocycles. The molecule has 4 nitrogen and oxygen atoms in total. The molecule has 1 atom stereocenters. The summed E-state index contributed by atoms with van der Waals surface area (Å²) in [7, 11) is 1.40. The molecule has 13 heavy (non-hydrogen) atoms. The number of methoxy groups -OCH3 is 1. The normalized spacial score (nSPS) is 27.1. The lowest BCUT2D eigenvalue weighted by Gasteiger charge is -2.24. The van der Waals surface area contributed by atoms with Crippen molar-refractivity contribution in [2.24, 2.45) is 0 Å². The number of ether oxygens (including phenoxy) is 1. The van der Waals surface area contributed by atoms with E-state index in [4.69, 9.17) is 9.84 Å². The summed E-state index contributed by atoms with van der Waals surface area (Å²) in [5.41, 5.74) is 0.689. The van der Waals surface area contributed by atoms with E-state index < -0.39 is 11.8 Å². The first-order chi connectivity index (χ1) is 6.06. The van der Waals surface area contributed by atoms with Crippen molar-refractivity contribution in [1.29, 1.82) is 0 Å². The van der Waals surface area contributed by atoms with Crippen molar-refractivity contribution in [2.45, 2.75) is 18.6 Å². The smallest absolute Gasteiger partial charge is 0.307 e. The highest BCUT2D eigenvalue weighted by molar-refractivity contribution is 5.71. The zero-order valence-corrected chi connectivity index (χ0v) is 7.36. The van der Waals surface area contributed by atoms with E-state index in [-0.39, 0.29) is 6.42 Å². The van der Waals surface area contributed by atoms with Gasteiger partial charge >= 0.3 is 5.97 Å². The Morgan fingerprint density at radius 3 is 2.85 bits per heavy atom. The third-order valence-electron chi connectivity index (χ3n) is 1.92. The second-order valence-corrected chi connectivity index (χ2v) is 2.94. The first-order valence-electron chi connectivity index (χ1n) is 3.93. The summed E-state index contributed by atoms with van der Waals surface area (Å²) in [5.74, 6) is -2.14. The van der Waals surface area contributed by atoms with Gasteiger partial charge in [-0.15, -0.1) is 0 Å². The third kappa shape index (κ3) is 2.68. The predicted octanol–water partition coefficient (Wildman–Crippen LogP) is 0.682. The van der Waals surface area contributed by atoms with Gasteiger partial charge in [0, 0.05) is 13.5 Å². The fourth-order valence-corrected chi connectivity index (χ4v) is 1.11. The third-order valence-corrected chi connectivity index (χ3v) is 1.92. The van der Waals surface area contributed by atoms with Crippen molar-refractivity contribution in [3.63, 3.8) is 0 Å². The number of hydrogen-bond donors (Lipinski definition) is 2. The minimum atomic E-state index is -1.26. The van der Waals surface area contributed by atoms with E-state index in [2.05, 4.69) is 0 Å². The molecule has 0 spiro atoms. The molecule has 0 fully saturated rings. The Bertz CT molecular complexity index is 267. The molecule has 0 aromatic carbocycles. The van der Waals surface area contributed by atoms with Gasteiger partial charge in [0.25, 0.3) is 0 Å². The van der Waals surface area contributed by atoms with E-state index in [0.29, 0.717) is 12.0 Å². The fourth-order valence-electron chi connectivity index (χ4n) is 1.11. The van der Waals surface area contributed by atoms with E-state index in [9.17, 15) is 9.90 Å². The van der Waals surface area contributed by atoms with Gasteiger partial charge in [0.1, 0.15) is 0 Å². The Labute approximate surface area is 76.1 Å². The van der Waals surface area contributed by atoms with Crippen LogP contribution in [0.25, 0.3) is 0 Å². The van der Waals surface area contributed by atoms with Gasteiger partial charge in [0.2, 0.25) is 0 Å². The average molecular weight is 184 g/mol. The quantitative estimate of drug-likeness (QED) is 0.633. The Morgan fingerprint density at radius 1 is 1.77 bits per heavy atom. The van der Waals surface area contributed by atoms with Crippen LogP contribution in [-0.4, -0.2) is 29.1 Å². The molecule has 72 valence electrons. The Hall–Kier alpha value is -1.13. The summed E-state index contributed by atoms with van der Waals surface area (Å²) < 4.78 is 4.81. The van der Waals surface area contributed by atoms with Gasteiger partial charge in [-0.1, -0.05) is 12.2 Å². The molecule has 0 amide bonds. The Morgan fingerprint density at radius 2 is 2.46 bits per heavy atom. The number of carbonyl (C=O) groups is 1. The van der Waals surface area contributed by atoms with Crippen LogP contribution in [0.2, 0.25) is 0 Å². The van der Waals surface area contributed by atoms with E-state index in [0.717, 1.165) is 0 Å². The largest absolute Gasteiger partial charge is 0.481 e. The molecule has 0 saturated carbocycles. The second-order valence-electron chi connectivity index (χ2n) is 2.94. The highest BCUT2D eigenvalue weighted by atomic mass is 16.6. The first kappa shape index (κ1) is 9.95. The van der Waals surface area contributed by atoms with Crippen LogP contribution in [0.15, 0.2) is 23.8 Å². The summed E-state index contributed by atoms with van der Waals surface area (Å²) in [4.78, 5) is 10.3. The van der Waals surface area contributed by atoms with Crippen LogP contribution in [-0.2, 0) is 9.53 Å². The van der Waals surface area contributed by atoms with Crippen LogP contribution in [0.3, 0.4) is 0 Å². The molecule has 1 aliphatic carbocycles. The zero-order valence-electron chi connectivity index (χ0n) is 7.36. The molecule has 1 rings (SSSR count). The van der Waals surface area contributed by atoms with Crippen molar-refractivity contribution in [1.82, 2.24) is 0 Å². The van der Waals surface area contributed by atoms with Crippen molar-refractivity contribution < 1.29 is 19.7 Å². The number of aliphatic hydroxyl groups is 1. The summed E-state index contributed by atoms with van der Waals surface area (Å²) >= 11 is 0. The molecule has 4 heteroatoms. The number of carboxylic acids is 1. The summed E-state index contributed by atoms with van der Waals surface area (Å²) in [6.07, 6.45) is 4.98. The number of hydrogen-bond acceptors (Lipinski definition) is 3. The molecular weight excluding hydrogens is 172 g/mol. The summed E-state index contributed by atoms with van der Waals surface area (Å²) in [6.45, 7) is 0. The van der Waals surface area contributed by atoms with Crippen LogP contribution >= 0.6 is 0 Å². The average Bonchev–Trinajstić information content (AvgIpc) is 2.09. The Balaban J connectivity index is 2.59. The predicted molar refractivity (Wildman–Crippen MR) is 46.1 cm³/mol. The number of carboxylic acid groups (broad SMARTS) is 1. The monoisotopic (exact) mass is 184 g/mol. The number of rotatable bonds is 3. The topological polar surface area (TPSA) is 66.8 Å². The van der Waals surface area contributed by atoms with Crippen molar-refractivity contribution in [2.75, 3.05) is 7.11 Å². The maximum atomic E-state index is 10.3. The fraction of sp³-hybridized carbons (Fsp3) is 0.444. The molecule has 0 aromatic heterocycles. The lowest BCUT2D eigenvalue weighted by atomic mass is 10.00. The minimum absolute atomic E-state index is 0.0176. The van der Waals surface area contributed by atoms with Crippen LogP contribution in [0.1, 0.15) is 12.8 Å². The van der Waals surface area contributed by atoms with Gasteiger partial charge in [-0.25, -0.2) is 0 Å². The lowest BCUT2D eigenvalue weighted by Crippen LogP contribution is -2.29. The maximum Gasteiger partial charge on any atom is 0.307 e. The first-order valence-corrected chi connectivity index (χ1v) is 3.93. The molecule has 0 saturated heterocycles. The molecule has 0 radical (unpaired) electrons. The van der Waals surface area contributed by atoms with Crippen LogP contribution in [0.4, 0.5) is 0 Å². The van der Waals surface area contributed by atoms with Gasteiger partial charge in [-0.3, -0.25) is 4.79 Å². The van der Waals surface area contributed by atoms with E-state index >= 15 is 0 Å². The zero-order chi connectivity index (χ0) is 9.90.